The molecule has 0 saturated carbocycles. The number of benzene rings is 3. The Bertz CT molecular complexity index is 1450. The third kappa shape index (κ3) is 4.37. The van der Waals surface area contributed by atoms with E-state index in [2.05, 4.69) is 4.98 Å². The van der Waals surface area contributed by atoms with Crippen molar-refractivity contribution in [2.24, 2.45) is 0 Å². The number of fused-ring (bicyclic) bond motifs is 2. The molecule has 0 aliphatic carbocycles. The average molecular weight is 505 g/mol. The second-order valence-corrected chi connectivity index (χ2v) is 8.85. The summed E-state index contributed by atoms with van der Waals surface area (Å²) in [6.45, 7) is 0.533. The van der Waals surface area contributed by atoms with Gasteiger partial charge in [0.05, 0.1) is 20.3 Å². The molecule has 9 heteroatoms. The summed E-state index contributed by atoms with van der Waals surface area (Å²) in [6, 6.07) is 16.0. The third-order valence-electron chi connectivity index (χ3n) is 6.78. The van der Waals surface area contributed by atoms with Crippen LogP contribution in [0.1, 0.15) is 41.8 Å². The number of anilines is 2. The Morgan fingerprint density at radius 1 is 0.919 bits per heavy atom. The van der Waals surface area contributed by atoms with Crippen molar-refractivity contribution in [1.29, 1.82) is 0 Å². The molecule has 192 valence electrons. The van der Waals surface area contributed by atoms with Crippen LogP contribution in [0.15, 0.2) is 60.8 Å². The largest absolute Gasteiger partial charge is 0.493 e. The molecule has 0 amide bonds. The van der Waals surface area contributed by atoms with Crippen molar-refractivity contribution in [2.45, 2.75) is 25.1 Å². The molecule has 2 heterocycles. The Morgan fingerprint density at radius 2 is 1.65 bits per heavy atom. The minimum absolute atomic E-state index is 0.0404. The van der Waals surface area contributed by atoms with Crippen molar-refractivity contribution in [3.8, 4) is 22.6 Å². The van der Waals surface area contributed by atoms with Gasteiger partial charge in [0, 0.05) is 35.1 Å². The maximum absolute atomic E-state index is 10.5. The van der Waals surface area contributed by atoms with Gasteiger partial charge in [0.25, 0.3) is 0 Å². The lowest BCUT2D eigenvalue weighted by molar-refractivity contribution is -0.0629. The monoisotopic (exact) mass is 504 g/mol. The summed E-state index contributed by atoms with van der Waals surface area (Å²) in [4.78, 5) is 6.56. The van der Waals surface area contributed by atoms with E-state index in [4.69, 9.17) is 9.47 Å². The molecule has 37 heavy (non-hydrogen) atoms. The van der Waals surface area contributed by atoms with E-state index in [0.29, 0.717) is 52.2 Å². The van der Waals surface area contributed by atoms with Crippen LogP contribution in [0.25, 0.3) is 21.9 Å². The van der Waals surface area contributed by atoms with Gasteiger partial charge in [-0.1, -0.05) is 18.2 Å². The van der Waals surface area contributed by atoms with Crippen molar-refractivity contribution < 1.29 is 35.0 Å². The predicted molar refractivity (Wildman–Crippen MR) is 138 cm³/mol. The van der Waals surface area contributed by atoms with E-state index in [1.807, 2.05) is 29.2 Å². The number of rotatable bonds is 6. The van der Waals surface area contributed by atoms with Gasteiger partial charge in [-0.15, -0.1) is 0 Å². The lowest BCUT2D eigenvalue weighted by Gasteiger charge is -2.33. The van der Waals surface area contributed by atoms with E-state index in [0.717, 1.165) is 11.3 Å². The topological polar surface area (TPSA) is 136 Å². The molecule has 0 spiro atoms. The molecule has 1 aliphatic heterocycles. The summed E-state index contributed by atoms with van der Waals surface area (Å²) in [5, 5.41) is 52.7. The fourth-order valence-corrected chi connectivity index (χ4v) is 5.07. The summed E-state index contributed by atoms with van der Waals surface area (Å²) in [7, 11) is 3.00. The first-order valence-electron chi connectivity index (χ1n) is 11.8. The highest BCUT2D eigenvalue weighted by Gasteiger charge is 2.27. The molecule has 3 aromatic carbocycles. The van der Waals surface area contributed by atoms with Gasteiger partial charge in [-0.3, -0.25) is 0 Å². The quantitative estimate of drug-likeness (QED) is 0.250. The predicted octanol–water partition coefficient (Wildman–Crippen LogP) is 3.46. The Kier molecular flexibility index (Phi) is 6.72. The second kappa shape index (κ2) is 9.97. The molecule has 0 saturated heterocycles. The van der Waals surface area contributed by atoms with E-state index in [1.165, 1.54) is 20.3 Å². The highest BCUT2D eigenvalue weighted by molar-refractivity contribution is 6.01. The number of hydrogen-bond donors (Lipinski definition) is 5. The minimum atomic E-state index is -1.99. The van der Waals surface area contributed by atoms with Crippen LogP contribution in [0.5, 0.6) is 11.5 Å². The Labute approximate surface area is 213 Å². The molecule has 5 N–H and O–H groups in total. The van der Waals surface area contributed by atoms with E-state index in [9.17, 15) is 25.5 Å². The molecular formula is C28H28N2O7. The van der Waals surface area contributed by atoms with Crippen molar-refractivity contribution in [2.75, 3.05) is 25.7 Å². The lowest BCUT2D eigenvalue weighted by Crippen LogP contribution is -2.27. The van der Waals surface area contributed by atoms with Crippen LogP contribution < -0.4 is 14.4 Å². The van der Waals surface area contributed by atoms with Crippen molar-refractivity contribution in [1.82, 2.24) is 4.98 Å². The summed E-state index contributed by atoms with van der Waals surface area (Å²) >= 11 is 0. The highest BCUT2D eigenvalue weighted by Crippen LogP contribution is 2.44. The molecule has 1 aromatic heterocycles. The molecule has 0 unspecified atom stereocenters. The molecular weight excluding hydrogens is 476 g/mol. The third-order valence-corrected chi connectivity index (χ3v) is 6.78. The number of hydrogen-bond acceptors (Lipinski definition) is 9. The molecule has 0 radical (unpaired) electrons. The van der Waals surface area contributed by atoms with Crippen LogP contribution in [0.3, 0.4) is 0 Å². The Hall–Kier alpha value is -3.73. The molecule has 5 rings (SSSR count). The smallest absolute Gasteiger partial charge is 0.179 e. The van der Waals surface area contributed by atoms with Crippen molar-refractivity contribution in [3.05, 3.63) is 77.5 Å². The van der Waals surface area contributed by atoms with Crippen LogP contribution in [-0.2, 0) is 0 Å². The van der Waals surface area contributed by atoms with E-state index in [-0.39, 0.29) is 11.1 Å². The first-order valence-corrected chi connectivity index (χ1v) is 11.8. The summed E-state index contributed by atoms with van der Waals surface area (Å²) in [5.41, 5.74) is 2.53. The summed E-state index contributed by atoms with van der Waals surface area (Å²) < 4.78 is 10.9. The van der Waals surface area contributed by atoms with Gasteiger partial charge in [0.2, 0.25) is 0 Å². The van der Waals surface area contributed by atoms with Gasteiger partial charge in [-0.05, 0) is 64.7 Å². The zero-order chi connectivity index (χ0) is 26.3. The van der Waals surface area contributed by atoms with E-state index in [1.54, 1.807) is 30.5 Å². The average Bonchev–Trinajstić information content (AvgIpc) is 2.91. The Balaban J connectivity index is 1.77. The normalized spacial score (nSPS) is 15.4. The molecule has 1 atom stereocenters. The number of aliphatic hydroxyl groups excluding tert-OH is 3. The van der Waals surface area contributed by atoms with Gasteiger partial charge in [0.15, 0.2) is 24.1 Å². The number of aromatic nitrogens is 1. The van der Waals surface area contributed by atoms with Crippen LogP contribution in [0, 0.1) is 0 Å². The number of ether oxygens (including phenoxy) is 2. The first-order chi connectivity index (χ1) is 17.8. The van der Waals surface area contributed by atoms with Crippen LogP contribution in [0.4, 0.5) is 11.5 Å². The van der Waals surface area contributed by atoms with E-state index < -0.39 is 18.7 Å². The zero-order valence-electron chi connectivity index (χ0n) is 20.4. The van der Waals surface area contributed by atoms with E-state index >= 15 is 0 Å². The minimum Gasteiger partial charge on any atom is -0.493 e. The number of aliphatic hydroxyl groups is 5. The maximum atomic E-state index is 10.5. The SMILES string of the molecule is COc1cc2cc(C(O)O)c(C(O)O)c(-c3ccnc(N4CC[C@H](O)c5ccccc54)c3)c2cc1OC. The number of methoxy groups -OCH3 is 2. The van der Waals surface area contributed by atoms with Crippen molar-refractivity contribution in [3.63, 3.8) is 0 Å². The van der Waals surface area contributed by atoms with Gasteiger partial charge in [-0.2, -0.15) is 0 Å². The Morgan fingerprint density at radius 3 is 2.35 bits per heavy atom. The first kappa shape index (κ1) is 24.9. The fourth-order valence-electron chi connectivity index (χ4n) is 5.07. The van der Waals surface area contributed by atoms with Gasteiger partial charge in [-0.25, -0.2) is 4.98 Å². The molecule has 9 nitrogen and oxygen atoms in total. The number of para-hydroxylation sites is 1. The lowest BCUT2D eigenvalue weighted by atomic mass is 9.88. The molecule has 0 bridgehead atoms. The van der Waals surface area contributed by atoms with Crippen molar-refractivity contribution >= 4 is 22.3 Å². The summed E-state index contributed by atoms with van der Waals surface area (Å²) in [6.07, 6.45) is -2.38. The highest BCUT2D eigenvalue weighted by atomic mass is 16.5. The molecule has 4 aromatic rings. The van der Waals surface area contributed by atoms with Gasteiger partial charge < -0.3 is 39.9 Å². The zero-order valence-corrected chi connectivity index (χ0v) is 20.4. The number of pyridine rings is 1. The standard InChI is InChI=1S/C28H28N2O7/c1-36-22-12-16-11-19(27(32)33)26(28(34)35)25(18(16)14-23(22)37-2)15-7-9-29-24(13-15)30-10-8-21(31)17-5-3-4-6-20(17)30/h3-7,9,11-14,21,27-28,31-35H,8,10H2,1-2H3/t21-/m0/s1. The second-order valence-electron chi connectivity index (χ2n) is 8.85. The fraction of sp³-hybridized carbons (Fsp3) is 0.250. The van der Waals surface area contributed by atoms with Crippen LogP contribution >= 0.6 is 0 Å². The van der Waals surface area contributed by atoms with Gasteiger partial charge in [0.1, 0.15) is 5.82 Å². The van der Waals surface area contributed by atoms with Crippen LogP contribution in [-0.4, -0.2) is 51.3 Å². The van der Waals surface area contributed by atoms with Gasteiger partial charge >= 0.3 is 0 Å². The maximum Gasteiger partial charge on any atom is 0.179 e. The number of nitrogens with zero attached hydrogens (tertiary/aromatic N) is 2. The summed E-state index contributed by atoms with van der Waals surface area (Å²) in [5.74, 6) is 1.47. The molecule has 1 aliphatic rings. The van der Waals surface area contributed by atoms with Crippen LogP contribution in [0.2, 0.25) is 0 Å². The molecule has 0 fully saturated rings.